The zero-order valence-electron chi connectivity index (χ0n) is 17.9. The summed E-state index contributed by atoms with van der Waals surface area (Å²) in [6.45, 7) is 2.68. The largest absolute Gasteiger partial charge is 0.492 e. The van der Waals surface area contributed by atoms with Crippen molar-refractivity contribution in [2.45, 2.75) is 13.5 Å². The summed E-state index contributed by atoms with van der Waals surface area (Å²) in [4.78, 5) is 12.3. The molecule has 32 heavy (non-hydrogen) atoms. The number of anilines is 1. The Balaban J connectivity index is 1.58. The smallest absolute Gasteiger partial charge is 0.251 e. The molecule has 6 nitrogen and oxygen atoms in total. The Morgan fingerprint density at radius 3 is 2.41 bits per heavy atom. The monoisotopic (exact) mass is 456 g/mol. The number of nitrogens with one attached hydrogen (secondary N) is 1. The van der Waals surface area contributed by atoms with E-state index in [9.17, 15) is 17.6 Å². The van der Waals surface area contributed by atoms with Crippen molar-refractivity contribution < 1.29 is 22.3 Å². The van der Waals surface area contributed by atoms with Crippen molar-refractivity contribution >= 4 is 21.6 Å². The molecule has 0 aromatic heterocycles. The minimum Gasteiger partial charge on any atom is -0.492 e. The number of hydrogen-bond acceptors (Lipinski definition) is 4. The summed E-state index contributed by atoms with van der Waals surface area (Å²) in [6, 6.07) is 19.7. The lowest BCUT2D eigenvalue weighted by molar-refractivity contribution is 0.0947. The highest BCUT2D eigenvalue weighted by atomic mass is 32.2. The normalized spacial score (nSPS) is 11.1. The molecule has 0 atom stereocenters. The van der Waals surface area contributed by atoms with E-state index in [1.54, 1.807) is 24.3 Å². The molecule has 0 unspecified atom stereocenters. The second-order valence-electron chi connectivity index (χ2n) is 7.37. The zero-order valence-corrected chi connectivity index (χ0v) is 18.7. The molecule has 8 heteroatoms. The van der Waals surface area contributed by atoms with Crippen LogP contribution in [0.15, 0.2) is 72.8 Å². The summed E-state index contributed by atoms with van der Waals surface area (Å²) in [5.41, 5.74) is 2.45. The van der Waals surface area contributed by atoms with Gasteiger partial charge in [0, 0.05) is 5.56 Å². The van der Waals surface area contributed by atoms with Crippen LogP contribution < -0.4 is 14.4 Å². The Kier molecular flexibility index (Phi) is 7.48. The Bertz CT molecular complexity index is 1180. The van der Waals surface area contributed by atoms with Gasteiger partial charge in [-0.2, -0.15) is 0 Å². The lowest BCUT2D eigenvalue weighted by atomic mass is 10.1. The van der Waals surface area contributed by atoms with Crippen molar-refractivity contribution in [3.05, 3.63) is 95.3 Å². The fourth-order valence-electron chi connectivity index (χ4n) is 3.10. The highest BCUT2D eigenvalue weighted by molar-refractivity contribution is 7.92. The minimum absolute atomic E-state index is 0.0223. The molecule has 0 fully saturated rings. The van der Waals surface area contributed by atoms with Crippen LogP contribution in [0.3, 0.4) is 0 Å². The van der Waals surface area contributed by atoms with Gasteiger partial charge in [-0.3, -0.25) is 9.10 Å². The second kappa shape index (κ2) is 10.3. The molecular weight excluding hydrogens is 431 g/mol. The van der Waals surface area contributed by atoms with Gasteiger partial charge < -0.3 is 10.1 Å². The summed E-state index contributed by atoms with van der Waals surface area (Å²) in [6.07, 6.45) is 1.07. The molecule has 0 heterocycles. The summed E-state index contributed by atoms with van der Waals surface area (Å²) in [5.74, 6) is -0.0265. The van der Waals surface area contributed by atoms with E-state index in [1.807, 2.05) is 31.2 Å². The van der Waals surface area contributed by atoms with E-state index in [0.29, 0.717) is 24.3 Å². The molecule has 0 bridgehead atoms. The van der Waals surface area contributed by atoms with Crippen molar-refractivity contribution in [1.82, 2.24) is 5.32 Å². The van der Waals surface area contributed by atoms with Crippen LogP contribution in [0.1, 0.15) is 21.5 Å². The van der Waals surface area contributed by atoms with Crippen LogP contribution in [0.4, 0.5) is 10.1 Å². The fourth-order valence-corrected chi connectivity index (χ4v) is 3.98. The third-order valence-corrected chi connectivity index (χ3v) is 5.83. The Morgan fingerprint density at radius 1 is 1.03 bits per heavy atom. The van der Waals surface area contributed by atoms with Crippen molar-refractivity contribution in [3.63, 3.8) is 0 Å². The SMILES string of the molecule is Cc1cccc(OCCNC(=O)c2ccc(CN(c3cccc(F)c3)S(C)(=O)=O)cc2)c1. The molecule has 0 saturated heterocycles. The highest BCUT2D eigenvalue weighted by Gasteiger charge is 2.18. The van der Waals surface area contributed by atoms with Crippen LogP contribution in [0.2, 0.25) is 0 Å². The number of benzene rings is 3. The van der Waals surface area contributed by atoms with Gasteiger partial charge in [-0.1, -0.05) is 30.3 Å². The summed E-state index contributed by atoms with van der Waals surface area (Å²) in [7, 11) is -3.63. The van der Waals surface area contributed by atoms with Gasteiger partial charge in [-0.25, -0.2) is 12.8 Å². The van der Waals surface area contributed by atoms with E-state index in [0.717, 1.165) is 21.9 Å². The topological polar surface area (TPSA) is 75.7 Å². The molecule has 1 N–H and O–H groups in total. The molecule has 3 aromatic rings. The number of carbonyl (C=O) groups is 1. The summed E-state index contributed by atoms with van der Waals surface area (Å²) < 4.78 is 44.7. The molecule has 168 valence electrons. The first kappa shape index (κ1) is 23.3. The van der Waals surface area contributed by atoms with Crippen LogP contribution in [-0.4, -0.2) is 33.7 Å². The van der Waals surface area contributed by atoms with E-state index < -0.39 is 15.8 Å². The molecule has 3 rings (SSSR count). The van der Waals surface area contributed by atoms with Gasteiger partial charge in [0.1, 0.15) is 18.2 Å². The highest BCUT2D eigenvalue weighted by Crippen LogP contribution is 2.21. The quantitative estimate of drug-likeness (QED) is 0.496. The fraction of sp³-hybridized carbons (Fsp3) is 0.208. The van der Waals surface area contributed by atoms with Gasteiger partial charge in [0.15, 0.2) is 0 Å². The van der Waals surface area contributed by atoms with Crippen molar-refractivity contribution in [2.24, 2.45) is 0 Å². The molecule has 0 spiro atoms. The van der Waals surface area contributed by atoms with E-state index in [1.165, 1.54) is 24.3 Å². The van der Waals surface area contributed by atoms with Crippen LogP contribution >= 0.6 is 0 Å². The molecule has 0 aliphatic rings. The Morgan fingerprint density at radius 2 is 1.75 bits per heavy atom. The van der Waals surface area contributed by atoms with Crippen molar-refractivity contribution in [3.8, 4) is 5.75 Å². The molecule has 0 radical (unpaired) electrons. The maximum Gasteiger partial charge on any atom is 0.251 e. The Hall–Kier alpha value is -3.39. The first-order chi connectivity index (χ1) is 15.2. The lowest BCUT2D eigenvalue weighted by Gasteiger charge is -2.22. The van der Waals surface area contributed by atoms with Gasteiger partial charge in [0.2, 0.25) is 10.0 Å². The first-order valence-electron chi connectivity index (χ1n) is 10.0. The third-order valence-electron chi connectivity index (χ3n) is 4.68. The number of rotatable bonds is 9. The number of amides is 1. The molecule has 1 amide bonds. The Labute approximate surface area is 187 Å². The summed E-state index contributed by atoms with van der Waals surface area (Å²) >= 11 is 0. The number of carbonyl (C=O) groups excluding carboxylic acids is 1. The van der Waals surface area contributed by atoms with E-state index in [-0.39, 0.29) is 18.1 Å². The van der Waals surface area contributed by atoms with E-state index in [4.69, 9.17) is 4.74 Å². The van der Waals surface area contributed by atoms with Gasteiger partial charge in [-0.05, 0) is 60.5 Å². The standard InChI is InChI=1S/C24H25FN2O4S/c1-18-5-3-8-23(15-18)31-14-13-26-24(28)20-11-9-19(10-12-20)17-27(32(2,29)30)22-7-4-6-21(25)16-22/h3-12,15-16H,13-14,17H2,1-2H3,(H,26,28). The van der Waals surface area contributed by atoms with Gasteiger partial charge in [-0.15, -0.1) is 0 Å². The van der Waals surface area contributed by atoms with Crippen molar-refractivity contribution in [1.29, 1.82) is 0 Å². The number of ether oxygens (including phenoxy) is 1. The predicted octanol–water partition coefficient (Wildman–Crippen LogP) is 3.91. The summed E-state index contributed by atoms with van der Waals surface area (Å²) in [5, 5.41) is 2.79. The molecule has 0 aliphatic carbocycles. The lowest BCUT2D eigenvalue weighted by Crippen LogP contribution is -2.29. The van der Waals surface area contributed by atoms with Crippen LogP contribution in [0, 0.1) is 12.7 Å². The molecule has 0 aliphatic heterocycles. The maximum atomic E-state index is 13.6. The third kappa shape index (κ3) is 6.55. The van der Waals surface area contributed by atoms with Crippen LogP contribution in [-0.2, 0) is 16.6 Å². The van der Waals surface area contributed by atoms with Gasteiger partial charge in [0.25, 0.3) is 5.91 Å². The minimum atomic E-state index is -3.63. The number of nitrogens with zero attached hydrogens (tertiary/aromatic N) is 1. The van der Waals surface area contributed by atoms with E-state index in [2.05, 4.69) is 5.32 Å². The van der Waals surface area contributed by atoms with Crippen molar-refractivity contribution in [2.75, 3.05) is 23.7 Å². The number of hydrogen-bond donors (Lipinski definition) is 1. The molecule has 0 saturated carbocycles. The predicted molar refractivity (Wildman–Crippen MR) is 123 cm³/mol. The van der Waals surface area contributed by atoms with Crippen LogP contribution in [0.5, 0.6) is 5.75 Å². The number of sulfonamides is 1. The van der Waals surface area contributed by atoms with Crippen LogP contribution in [0.25, 0.3) is 0 Å². The average molecular weight is 457 g/mol. The maximum absolute atomic E-state index is 13.6. The number of halogens is 1. The van der Waals surface area contributed by atoms with E-state index >= 15 is 0 Å². The molecule has 3 aromatic carbocycles. The van der Waals surface area contributed by atoms with Gasteiger partial charge >= 0.3 is 0 Å². The molecular formula is C24H25FN2O4S. The van der Waals surface area contributed by atoms with Gasteiger partial charge in [0.05, 0.1) is 25.0 Å². The first-order valence-corrected chi connectivity index (χ1v) is 11.9. The average Bonchev–Trinajstić information content (AvgIpc) is 2.74. The number of aryl methyl sites for hydroxylation is 1. The zero-order chi connectivity index (χ0) is 23.1. The second-order valence-corrected chi connectivity index (χ2v) is 9.27.